The van der Waals surface area contributed by atoms with E-state index in [1.165, 1.54) is 10.9 Å². The van der Waals surface area contributed by atoms with Crippen molar-refractivity contribution in [3.05, 3.63) is 30.0 Å². The van der Waals surface area contributed by atoms with E-state index in [2.05, 4.69) is 41.6 Å². The number of hydrogen-bond acceptors (Lipinski definition) is 2. The molecule has 0 atom stereocenters. The summed E-state index contributed by atoms with van der Waals surface area (Å²) in [6.07, 6.45) is 3.09. The summed E-state index contributed by atoms with van der Waals surface area (Å²) in [4.78, 5) is 5.46. The Bertz CT molecular complexity index is 559. The molecule has 1 aromatic carbocycles. The number of anilines is 1. The van der Waals surface area contributed by atoms with Crippen LogP contribution >= 0.6 is 12.2 Å². The fourth-order valence-electron chi connectivity index (χ4n) is 1.95. The van der Waals surface area contributed by atoms with Crippen LogP contribution in [0.5, 0.6) is 0 Å². The maximum absolute atomic E-state index is 5.49. The number of thiocarbonyl (C=S) groups is 1. The number of nitrogens with zero attached hydrogens (tertiary/aromatic N) is 1. The molecule has 0 spiro atoms. The van der Waals surface area contributed by atoms with Crippen molar-refractivity contribution in [2.45, 2.75) is 6.42 Å². The highest BCUT2D eigenvalue weighted by Crippen LogP contribution is 2.22. The van der Waals surface area contributed by atoms with E-state index in [0.29, 0.717) is 5.11 Å². The molecule has 2 rings (SSSR count). The van der Waals surface area contributed by atoms with E-state index in [1.807, 2.05) is 12.1 Å². The van der Waals surface area contributed by atoms with Gasteiger partial charge in [0.15, 0.2) is 5.11 Å². The number of likely N-dealkylation sites (N-methyl/N-ethyl adjacent to an activating group) is 1. The lowest BCUT2D eigenvalue weighted by molar-refractivity contribution is 0.414. The fourth-order valence-corrected chi connectivity index (χ4v) is 2.07. The van der Waals surface area contributed by atoms with Crippen molar-refractivity contribution in [3.8, 4) is 0 Å². The van der Waals surface area contributed by atoms with Crippen LogP contribution in [-0.4, -0.2) is 35.6 Å². The standard InChI is InChI=1S/C13H18N4S/c1-17(2)6-5-9-8-15-12-4-3-10(7-11(9)12)16-13(14)18/h3-4,7-8,15H,5-6H2,1-2H3,(H3,14,16,18). The second kappa shape index (κ2) is 5.37. The van der Waals surface area contributed by atoms with Gasteiger partial charge in [0.2, 0.25) is 0 Å². The van der Waals surface area contributed by atoms with Gasteiger partial charge in [0.1, 0.15) is 0 Å². The Hall–Kier alpha value is -1.59. The second-order valence-electron chi connectivity index (χ2n) is 4.62. The summed E-state index contributed by atoms with van der Waals surface area (Å²) in [5.41, 5.74) is 8.86. The number of nitrogens with two attached hydrogens (primary N) is 1. The van der Waals surface area contributed by atoms with Crippen LogP contribution in [0.25, 0.3) is 10.9 Å². The first kappa shape index (κ1) is 12.9. The van der Waals surface area contributed by atoms with E-state index < -0.39 is 0 Å². The Labute approximate surface area is 112 Å². The fraction of sp³-hybridized carbons (Fsp3) is 0.308. The summed E-state index contributed by atoms with van der Waals surface area (Å²) in [6, 6.07) is 6.08. The summed E-state index contributed by atoms with van der Waals surface area (Å²) in [5.74, 6) is 0. The van der Waals surface area contributed by atoms with E-state index in [4.69, 9.17) is 18.0 Å². The molecule has 0 saturated heterocycles. The minimum absolute atomic E-state index is 0.291. The molecule has 18 heavy (non-hydrogen) atoms. The molecule has 0 aliphatic heterocycles. The monoisotopic (exact) mass is 262 g/mol. The quantitative estimate of drug-likeness (QED) is 0.737. The number of H-pyrrole nitrogens is 1. The van der Waals surface area contributed by atoms with Gasteiger partial charge in [0.25, 0.3) is 0 Å². The lowest BCUT2D eigenvalue weighted by atomic mass is 10.1. The Balaban J connectivity index is 2.28. The van der Waals surface area contributed by atoms with Gasteiger partial charge in [-0.15, -0.1) is 0 Å². The van der Waals surface area contributed by atoms with Crippen molar-refractivity contribution in [2.75, 3.05) is 26.0 Å². The van der Waals surface area contributed by atoms with Crippen LogP contribution in [-0.2, 0) is 6.42 Å². The van der Waals surface area contributed by atoms with Crippen LogP contribution in [0.2, 0.25) is 0 Å². The van der Waals surface area contributed by atoms with Crippen molar-refractivity contribution in [2.24, 2.45) is 5.73 Å². The molecule has 5 heteroatoms. The van der Waals surface area contributed by atoms with Gasteiger partial charge in [-0.05, 0) is 56.5 Å². The summed E-state index contributed by atoms with van der Waals surface area (Å²) < 4.78 is 0. The first-order chi connectivity index (χ1) is 8.56. The highest BCUT2D eigenvalue weighted by molar-refractivity contribution is 7.80. The lowest BCUT2D eigenvalue weighted by Crippen LogP contribution is -2.18. The van der Waals surface area contributed by atoms with Crippen LogP contribution in [0.4, 0.5) is 5.69 Å². The molecule has 1 heterocycles. The number of fused-ring (bicyclic) bond motifs is 1. The van der Waals surface area contributed by atoms with Gasteiger partial charge in [-0.3, -0.25) is 0 Å². The predicted molar refractivity (Wildman–Crippen MR) is 81.0 cm³/mol. The van der Waals surface area contributed by atoms with Gasteiger partial charge in [-0.1, -0.05) is 0 Å². The van der Waals surface area contributed by atoms with E-state index in [1.54, 1.807) is 0 Å². The molecule has 0 bridgehead atoms. The normalized spacial score (nSPS) is 11.1. The molecule has 0 saturated carbocycles. The number of nitrogens with one attached hydrogen (secondary N) is 2. The van der Waals surface area contributed by atoms with Crippen LogP contribution in [0.1, 0.15) is 5.56 Å². The molecule has 96 valence electrons. The lowest BCUT2D eigenvalue weighted by Gasteiger charge is -2.09. The smallest absolute Gasteiger partial charge is 0.168 e. The summed E-state index contributed by atoms with van der Waals surface area (Å²) >= 11 is 4.85. The molecule has 0 radical (unpaired) electrons. The second-order valence-corrected chi connectivity index (χ2v) is 5.06. The third-order valence-corrected chi connectivity index (χ3v) is 2.97. The predicted octanol–water partition coefficient (Wildman–Crippen LogP) is 1.93. The number of aromatic amines is 1. The molecule has 0 aliphatic carbocycles. The van der Waals surface area contributed by atoms with E-state index in [9.17, 15) is 0 Å². The summed E-state index contributed by atoms with van der Waals surface area (Å²) in [6.45, 7) is 1.03. The largest absolute Gasteiger partial charge is 0.376 e. The third-order valence-electron chi connectivity index (χ3n) is 2.86. The Morgan fingerprint density at radius 3 is 2.89 bits per heavy atom. The molecule has 1 aromatic heterocycles. The molecule has 0 aliphatic rings. The first-order valence-corrected chi connectivity index (χ1v) is 6.28. The molecular formula is C13H18N4S. The van der Waals surface area contributed by atoms with Crippen LogP contribution in [0, 0.1) is 0 Å². The molecule has 4 N–H and O–H groups in total. The van der Waals surface area contributed by atoms with Crippen molar-refractivity contribution in [1.29, 1.82) is 0 Å². The van der Waals surface area contributed by atoms with Gasteiger partial charge in [-0.2, -0.15) is 0 Å². The number of rotatable bonds is 4. The minimum atomic E-state index is 0.291. The average molecular weight is 262 g/mol. The van der Waals surface area contributed by atoms with Crippen molar-refractivity contribution < 1.29 is 0 Å². The number of benzene rings is 1. The highest BCUT2D eigenvalue weighted by Gasteiger charge is 2.05. The average Bonchev–Trinajstić information content (AvgIpc) is 2.68. The van der Waals surface area contributed by atoms with Gasteiger partial charge in [-0.25, -0.2) is 0 Å². The van der Waals surface area contributed by atoms with E-state index >= 15 is 0 Å². The minimum Gasteiger partial charge on any atom is -0.376 e. The van der Waals surface area contributed by atoms with E-state index in [-0.39, 0.29) is 0 Å². The Kier molecular flexibility index (Phi) is 3.84. The Morgan fingerprint density at radius 1 is 1.44 bits per heavy atom. The third kappa shape index (κ3) is 3.00. The molecular weight excluding hydrogens is 244 g/mol. The number of hydrogen-bond donors (Lipinski definition) is 3. The van der Waals surface area contributed by atoms with Gasteiger partial charge < -0.3 is 20.9 Å². The van der Waals surface area contributed by atoms with Gasteiger partial charge in [0, 0.05) is 29.3 Å². The molecule has 0 amide bonds. The zero-order valence-corrected chi connectivity index (χ0v) is 11.5. The molecule has 0 fully saturated rings. The van der Waals surface area contributed by atoms with Crippen molar-refractivity contribution in [3.63, 3.8) is 0 Å². The van der Waals surface area contributed by atoms with Crippen LogP contribution in [0.15, 0.2) is 24.4 Å². The maximum atomic E-state index is 5.49. The van der Waals surface area contributed by atoms with Crippen LogP contribution in [0.3, 0.4) is 0 Å². The topological polar surface area (TPSA) is 57.1 Å². The molecule has 0 unspecified atom stereocenters. The SMILES string of the molecule is CN(C)CCc1c[nH]c2ccc(NC(N)=S)cc12. The highest BCUT2D eigenvalue weighted by atomic mass is 32.1. The van der Waals surface area contributed by atoms with Crippen molar-refractivity contribution in [1.82, 2.24) is 9.88 Å². The number of aromatic nitrogens is 1. The summed E-state index contributed by atoms with van der Waals surface area (Å²) in [7, 11) is 4.16. The van der Waals surface area contributed by atoms with Gasteiger partial charge in [0.05, 0.1) is 0 Å². The zero-order chi connectivity index (χ0) is 13.1. The maximum Gasteiger partial charge on any atom is 0.168 e. The first-order valence-electron chi connectivity index (χ1n) is 5.87. The molecule has 4 nitrogen and oxygen atoms in total. The van der Waals surface area contributed by atoms with Gasteiger partial charge >= 0.3 is 0 Å². The Morgan fingerprint density at radius 2 is 2.22 bits per heavy atom. The molecule has 2 aromatic rings. The zero-order valence-electron chi connectivity index (χ0n) is 10.7. The van der Waals surface area contributed by atoms with E-state index in [0.717, 1.165) is 24.2 Å². The van der Waals surface area contributed by atoms with Crippen molar-refractivity contribution >= 4 is 33.9 Å². The summed E-state index contributed by atoms with van der Waals surface area (Å²) in [5, 5.41) is 4.48. The van der Waals surface area contributed by atoms with Crippen LogP contribution < -0.4 is 11.1 Å².